The first-order valence-electron chi connectivity index (χ1n) is 5.07. The maximum absolute atomic E-state index is 5.38. The molecular weight excluding hydrogens is 270 g/mol. The molecule has 0 amide bonds. The van der Waals surface area contributed by atoms with Crippen LogP contribution in [0, 0.1) is 6.92 Å². The van der Waals surface area contributed by atoms with Crippen LogP contribution in [0.1, 0.15) is 12.8 Å². The molecule has 0 bridgehead atoms. The molecule has 1 aromatic carbocycles. The van der Waals surface area contributed by atoms with Crippen LogP contribution in [-0.4, -0.2) is 11.6 Å². The van der Waals surface area contributed by atoms with Crippen molar-refractivity contribution in [2.75, 3.05) is 6.61 Å². The van der Waals surface area contributed by atoms with Gasteiger partial charge in [0.1, 0.15) is 11.4 Å². The maximum Gasteiger partial charge on any atom is 0.197 e. The number of aromatic nitrogens is 1. The number of benzene rings is 1. The molecule has 2 rings (SSSR count). The molecule has 0 atom stereocenters. The average Bonchev–Trinajstić information content (AvgIpc) is 2.59. The standard InChI is InChI=1S/C12H12BrNO2/c1-3-15-10-6-4-9(5-7-10)11-12(13)16-8(2)14-11/h4-7H,3H2,1-2H3. The van der Waals surface area contributed by atoms with Crippen molar-refractivity contribution in [1.82, 2.24) is 4.98 Å². The first kappa shape index (κ1) is 11.2. The molecule has 0 spiro atoms. The Morgan fingerprint density at radius 1 is 1.31 bits per heavy atom. The number of oxazole rings is 1. The normalized spacial score (nSPS) is 10.4. The van der Waals surface area contributed by atoms with Gasteiger partial charge in [0.15, 0.2) is 10.6 Å². The number of nitrogens with zero attached hydrogens (tertiary/aromatic N) is 1. The Kier molecular flexibility index (Phi) is 3.29. The van der Waals surface area contributed by atoms with E-state index in [4.69, 9.17) is 9.15 Å². The summed E-state index contributed by atoms with van der Waals surface area (Å²) in [5, 5.41) is 0. The zero-order valence-corrected chi connectivity index (χ0v) is 10.7. The SMILES string of the molecule is CCOc1ccc(-c2nc(C)oc2Br)cc1. The highest BCUT2D eigenvalue weighted by molar-refractivity contribution is 9.10. The van der Waals surface area contributed by atoms with Crippen molar-refractivity contribution < 1.29 is 9.15 Å². The van der Waals surface area contributed by atoms with Crippen LogP contribution in [0.25, 0.3) is 11.3 Å². The van der Waals surface area contributed by atoms with Gasteiger partial charge < -0.3 is 9.15 Å². The van der Waals surface area contributed by atoms with Crippen molar-refractivity contribution in [2.45, 2.75) is 13.8 Å². The van der Waals surface area contributed by atoms with Gasteiger partial charge in [-0.25, -0.2) is 4.98 Å². The lowest BCUT2D eigenvalue weighted by atomic mass is 10.2. The van der Waals surface area contributed by atoms with E-state index in [2.05, 4.69) is 20.9 Å². The predicted molar refractivity (Wildman–Crippen MR) is 65.5 cm³/mol. The van der Waals surface area contributed by atoms with Crippen LogP contribution < -0.4 is 4.74 Å². The molecule has 2 aromatic rings. The molecule has 0 saturated heterocycles. The third-order valence-corrected chi connectivity index (χ3v) is 2.67. The van der Waals surface area contributed by atoms with Crippen LogP contribution in [-0.2, 0) is 0 Å². The van der Waals surface area contributed by atoms with Gasteiger partial charge in [0.2, 0.25) is 0 Å². The summed E-state index contributed by atoms with van der Waals surface area (Å²) in [6.07, 6.45) is 0. The van der Waals surface area contributed by atoms with Crippen LogP contribution in [0.3, 0.4) is 0 Å². The quantitative estimate of drug-likeness (QED) is 0.858. The monoisotopic (exact) mass is 281 g/mol. The van der Waals surface area contributed by atoms with Crippen molar-refractivity contribution in [3.05, 3.63) is 34.8 Å². The highest BCUT2D eigenvalue weighted by Crippen LogP contribution is 2.29. The molecule has 0 aliphatic heterocycles. The van der Waals surface area contributed by atoms with E-state index in [1.165, 1.54) is 0 Å². The van der Waals surface area contributed by atoms with E-state index in [1.54, 1.807) is 0 Å². The largest absolute Gasteiger partial charge is 0.494 e. The fourth-order valence-corrected chi connectivity index (χ4v) is 2.01. The minimum absolute atomic E-state index is 0.649. The Balaban J connectivity index is 2.31. The number of halogens is 1. The average molecular weight is 282 g/mol. The molecule has 3 nitrogen and oxygen atoms in total. The molecule has 16 heavy (non-hydrogen) atoms. The second kappa shape index (κ2) is 4.70. The number of ether oxygens (including phenoxy) is 1. The number of hydrogen-bond donors (Lipinski definition) is 0. The number of aryl methyl sites for hydroxylation is 1. The molecule has 0 unspecified atom stereocenters. The topological polar surface area (TPSA) is 35.3 Å². The summed E-state index contributed by atoms with van der Waals surface area (Å²) in [4.78, 5) is 4.30. The fraction of sp³-hybridized carbons (Fsp3) is 0.250. The predicted octanol–water partition coefficient (Wildman–Crippen LogP) is 3.81. The third-order valence-electron chi connectivity index (χ3n) is 2.13. The van der Waals surface area contributed by atoms with Crippen LogP contribution in [0.5, 0.6) is 5.75 Å². The Hall–Kier alpha value is -1.29. The molecule has 0 saturated carbocycles. The van der Waals surface area contributed by atoms with Gasteiger partial charge in [0.25, 0.3) is 0 Å². The van der Waals surface area contributed by atoms with Gasteiger partial charge in [-0.15, -0.1) is 0 Å². The fourth-order valence-electron chi connectivity index (χ4n) is 1.46. The van der Waals surface area contributed by atoms with Gasteiger partial charge in [-0.1, -0.05) is 0 Å². The Morgan fingerprint density at radius 2 is 2.00 bits per heavy atom. The van der Waals surface area contributed by atoms with E-state index in [0.717, 1.165) is 17.0 Å². The van der Waals surface area contributed by atoms with Crippen molar-refractivity contribution >= 4 is 15.9 Å². The minimum Gasteiger partial charge on any atom is -0.494 e. The molecule has 4 heteroatoms. The van der Waals surface area contributed by atoms with Gasteiger partial charge in [0.05, 0.1) is 6.61 Å². The van der Waals surface area contributed by atoms with Gasteiger partial charge in [-0.05, 0) is 47.1 Å². The van der Waals surface area contributed by atoms with E-state index in [-0.39, 0.29) is 0 Å². The minimum atomic E-state index is 0.649. The summed E-state index contributed by atoms with van der Waals surface area (Å²) < 4.78 is 11.4. The summed E-state index contributed by atoms with van der Waals surface area (Å²) in [7, 11) is 0. The summed E-state index contributed by atoms with van der Waals surface area (Å²) in [6.45, 7) is 4.46. The second-order valence-electron chi connectivity index (χ2n) is 3.31. The van der Waals surface area contributed by atoms with E-state index >= 15 is 0 Å². The summed E-state index contributed by atoms with van der Waals surface area (Å²) in [5.74, 6) is 1.51. The van der Waals surface area contributed by atoms with Gasteiger partial charge in [0, 0.05) is 12.5 Å². The van der Waals surface area contributed by atoms with E-state index in [9.17, 15) is 0 Å². The van der Waals surface area contributed by atoms with Crippen LogP contribution in [0.4, 0.5) is 0 Å². The number of hydrogen-bond acceptors (Lipinski definition) is 3. The first-order chi connectivity index (χ1) is 7.70. The van der Waals surface area contributed by atoms with Crippen molar-refractivity contribution in [1.29, 1.82) is 0 Å². The van der Waals surface area contributed by atoms with Crippen LogP contribution in [0.15, 0.2) is 33.4 Å². The van der Waals surface area contributed by atoms with E-state index < -0.39 is 0 Å². The molecule has 1 heterocycles. The Bertz CT molecular complexity index is 476. The van der Waals surface area contributed by atoms with Crippen LogP contribution >= 0.6 is 15.9 Å². The smallest absolute Gasteiger partial charge is 0.197 e. The zero-order valence-electron chi connectivity index (χ0n) is 9.16. The molecular formula is C12H12BrNO2. The van der Waals surface area contributed by atoms with Gasteiger partial charge in [-0.3, -0.25) is 0 Å². The molecule has 0 aliphatic carbocycles. The van der Waals surface area contributed by atoms with Crippen molar-refractivity contribution in [2.24, 2.45) is 0 Å². The van der Waals surface area contributed by atoms with Gasteiger partial charge >= 0.3 is 0 Å². The van der Waals surface area contributed by atoms with E-state index in [1.807, 2.05) is 38.1 Å². The highest BCUT2D eigenvalue weighted by atomic mass is 79.9. The molecule has 84 valence electrons. The maximum atomic E-state index is 5.38. The Morgan fingerprint density at radius 3 is 2.50 bits per heavy atom. The second-order valence-corrected chi connectivity index (χ2v) is 4.03. The molecule has 0 fully saturated rings. The van der Waals surface area contributed by atoms with E-state index in [0.29, 0.717) is 17.2 Å². The lowest BCUT2D eigenvalue weighted by Gasteiger charge is -2.03. The highest BCUT2D eigenvalue weighted by Gasteiger charge is 2.10. The van der Waals surface area contributed by atoms with Gasteiger partial charge in [-0.2, -0.15) is 0 Å². The summed E-state index contributed by atoms with van der Waals surface area (Å²) >= 11 is 3.34. The third kappa shape index (κ3) is 2.27. The van der Waals surface area contributed by atoms with Crippen molar-refractivity contribution in [3.63, 3.8) is 0 Å². The van der Waals surface area contributed by atoms with Crippen molar-refractivity contribution in [3.8, 4) is 17.0 Å². The Labute approximate surface area is 103 Å². The summed E-state index contributed by atoms with van der Waals surface area (Å²) in [5.41, 5.74) is 1.83. The molecule has 0 N–H and O–H groups in total. The first-order valence-corrected chi connectivity index (χ1v) is 5.86. The molecule has 1 aromatic heterocycles. The molecule has 0 radical (unpaired) electrons. The molecule has 0 aliphatic rings. The summed E-state index contributed by atoms with van der Waals surface area (Å²) in [6, 6.07) is 7.78. The van der Waals surface area contributed by atoms with Crippen LogP contribution in [0.2, 0.25) is 0 Å². The lowest BCUT2D eigenvalue weighted by Crippen LogP contribution is -1.90. The number of rotatable bonds is 3. The zero-order chi connectivity index (χ0) is 11.5. The lowest BCUT2D eigenvalue weighted by molar-refractivity contribution is 0.340.